The van der Waals surface area contributed by atoms with Gasteiger partial charge in [-0.25, -0.2) is 0 Å². The molecule has 0 radical (unpaired) electrons. The third kappa shape index (κ3) is 2.61. The molecule has 15 heavy (non-hydrogen) atoms. The smallest absolute Gasteiger partial charge is 0.129 e. The lowest BCUT2D eigenvalue weighted by Crippen LogP contribution is -2.70. The Bertz CT molecular complexity index is 185. The lowest BCUT2D eigenvalue weighted by molar-refractivity contribution is -0.0772. The molecule has 0 spiro atoms. The van der Waals surface area contributed by atoms with E-state index in [1.165, 1.54) is 0 Å². The molecular weight excluding hydrogens is 202 g/mol. The van der Waals surface area contributed by atoms with Crippen molar-refractivity contribution >= 4 is 10.2 Å². The van der Waals surface area contributed by atoms with Crippen molar-refractivity contribution in [3.63, 3.8) is 0 Å². The first-order valence-electron chi connectivity index (χ1n) is 5.89. The number of hydrogen-bond donors (Lipinski definition) is 1. The van der Waals surface area contributed by atoms with Crippen molar-refractivity contribution in [3.05, 3.63) is 0 Å². The van der Waals surface area contributed by atoms with E-state index in [0.717, 1.165) is 23.3 Å². The molecule has 0 aliphatic heterocycles. The largest absolute Gasteiger partial charge is 0.290 e. The zero-order valence-corrected chi connectivity index (χ0v) is 13.8. The van der Waals surface area contributed by atoms with E-state index >= 15 is 0 Å². The quantitative estimate of drug-likeness (QED) is 0.525. The predicted octanol–water partition coefficient (Wildman–Crippen LogP) is 0.327. The fourth-order valence-electron chi connectivity index (χ4n) is 2.87. The van der Waals surface area contributed by atoms with Crippen LogP contribution >= 0.6 is 0 Å². The number of nitrogens with one attached hydrogen (secondary N) is 1. The Balaban J connectivity index is 5.33. The SMILES string of the molecule is CCN(CC)C(NC)(N(C)C)C(C)(C)[SiH3]. The Hall–Kier alpha value is 0.0969. The number of rotatable bonds is 6. The molecule has 0 saturated heterocycles. The van der Waals surface area contributed by atoms with Crippen LogP contribution in [0.4, 0.5) is 0 Å². The molecule has 0 aromatic heterocycles. The van der Waals surface area contributed by atoms with Crippen molar-refractivity contribution in [2.45, 2.75) is 38.5 Å². The molecule has 0 aliphatic rings. The van der Waals surface area contributed by atoms with Crippen LogP contribution in [0.3, 0.4) is 0 Å². The van der Waals surface area contributed by atoms with Crippen molar-refractivity contribution in [2.24, 2.45) is 0 Å². The van der Waals surface area contributed by atoms with Gasteiger partial charge in [0.25, 0.3) is 0 Å². The second-order valence-electron chi connectivity index (χ2n) is 5.24. The van der Waals surface area contributed by atoms with Gasteiger partial charge in [-0.2, -0.15) is 0 Å². The van der Waals surface area contributed by atoms with Crippen molar-refractivity contribution in [2.75, 3.05) is 34.2 Å². The average molecular weight is 231 g/mol. The lowest BCUT2D eigenvalue weighted by Gasteiger charge is -2.55. The zero-order valence-electron chi connectivity index (χ0n) is 11.8. The zero-order chi connectivity index (χ0) is 12.3. The van der Waals surface area contributed by atoms with Gasteiger partial charge in [-0.1, -0.05) is 27.7 Å². The van der Waals surface area contributed by atoms with Crippen molar-refractivity contribution in [1.29, 1.82) is 0 Å². The Morgan fingerprint density at radius 2 is 1.53 bits per heavy atom. The molecule has 92 valence electrons. The van der Waals surface area contributed by atoms with Crippen molar-refractivity contribution < 1.29 is 0 Å². The molecule has 0 saturated carbocycles. The first kappa shape index (κ1) is 15.1. The molecule has 0 amide bonds. The van der Waals surface area contributed by atoms with E-state index in [-0.39, 0.29) is 10.8 Å². The van der Waals surface area contributed by atoms with Crippen LogP contribution in [0.5, 0.6) is 0 Å². The highest BCUT2D eigenvalue weighted by atomic mass is 28.1. The van der Waals surface area contributed by atoms with Crippen molar-refractivity contribution in [3.8, 4) is 0 Å². The highest BCUT2D eigenvalue weighted by Crippen LogP contribution is 2.38. The molecule has 0 heterocycles. The maximum absolute atomic E-state index is 3.54. The molecule has 0 aromatic carbocycles. The molecular formula is C11H29N3Si. The van der Waals surface area contributed by atoms with Gasteiger partial charge in [-0.15, -0.1) is 0 Å². The molecule has 0 aliphatic carbocycles. The maximum Gasteiger partial charge on any atom is 0.129 e. The van der Waals surface area contributed by atoms with Gasteiger partial charge in [0.15, 0.2) is 0 Å². The Kier molecular flexibility index (Phi) is 5.47. The fourth-order valence-corrected chi connectivity index (χ4v) is 3.88. The maximum atomic E-state index is 3.54. The van der Waals surface area contributed by atoms with Crippen LogP contribution in [0, 0.1) is 0 Å². The second kappa shape index (κ2) is 5.43. The molecule has 0 rings (SSSR count). The van der Waals surface area contributed by atoms with Gasteiger partial charge in [-0.3, -0.25) is 15.1 Å². The van der Waals surface area contributed by atoms with Crippen LogP contribution in [-0.4, -0.2) is 60.1 Å². The van der Waals surface area contributed by atoms with Gasteiger partial charge in [0, 0.05) is 10.2 Å². The summed E-state index contributed by atoms with van der Waals surface area (Å²) in [5.41, 5.74) is 0. The Morgan fingerprint density at radius 1 is 1.13 bits per heavy atom. The second-order valence-corrected chi connectivity index (χ2v) is 7.74. The average Bonchev–Trinajstić information content (AvgIpc) is 2.10. The van der Waals surface area contributed by atoms with Crippen LogP contribution in [0.2, 0.25) is 5.04 Å². The Morgan fingerprint density at radius 3 is 1.60 bits per heavy atom. The van der Waals surface area contributed by atoms with Gasteiger partial charge in [0.1, 0.15) is 5.79 Å². The topological polar surface area (TPSA) is 18.5 Å². The fraction of sp³-hybridized carbons (Fsp3) is 1.00. The highest BCUT2D eigenvalue weighted by Gasteiger charge is 2.46. The molecule has 1 unspecified atom stereocenters. The van der Waals surface area contributed by atoms with Crippen LogP contribution in [0.15, 0.2) is 0 Å². The van der Waals surface area contributed by atoms with Gasteiger partial charge < -0.3 is 0 Å². The van der Waals surface area contributed by atoms with Crippen LogP contribution in [0.25, 0.3) is 0 Å². The summed E-state index contributed by atoms with van der Waals surface area (Å²) >= 11 is 0. The van der Waals surface area contributed by atoms with E-state index in [0.29, 0.717) is 0 Å². The van der Waals surface area contributed by atoms with Crippen LogP contribution in [-0.2, 0) is 0 Å². The predicted molar refractivity (Wildman–Crippen MR) is 72.4 cm³/mol. The summed E-state index contributed by atoms with van der Waals surface area (Å²) in [6.07, 6.45) is 0. The molecule has 0 fully saturated rings. The normalized spacial score (nSPS) is 17.4. The Labute approximate surface area is 98.6 Å². The van der Waals surface area contributed by atoms with Gasteiger partial charge in [0.2, 0.25) is 0 Å². The summed E-state index contributed by atoms with van der Waals surface area (Å²) < 4.78 is 0. The van der Waals surface area contributed by atoms with Gasteiger partial charge in [0.05, 0.1) is 0 Å². The third-order valence-corrected chi connectivity index (χ3v) is 3.96. The van der Waals surface area contributed by atoms with E-state index in [2.05, 4.69) is 64.0 Å². The lowest BCUT2D eigenvalue weighted by atomic mass is 10.00. The number of nitrogens with zero attached hydrogens (tertiary/aromatic N) is 2. The monoisotopic (exact) mass is 231 g/mol. The van der Waals surface area contributed by atoms with E-state index in [1.807, 2.05) is 0 Å². The van der Waals surface area contributed by atoms with Gasteiger partial charge >= 0.3 is 0 Å². The summed E-state index contributed by atoms with van der Waals surface area (Å²) in [5.74, 6) is -0.0251. The van der Waals surface area contributed by atoms with E-state index in [4.69, 9.17) is 0 Å². The van der Waals surface area contributed by atoms with Crippen LogP contribution in [0.1, 0.15) is 27.7 Å². The molecule has 4 heteroatoms. The highest BCUT2D eigenvalue weighted by molar-refractivity contribution is 6.15. The molecule has 0 bridgehead atoms. The minimum absolute atomic E-state index is 0.0251. The first-order valence-corrected chi connectivity index (χ1v) is 6.89. The molecule has 1 atom stereocenters. The van der Waals surface area contributed by atoms with E-state index in [1.54, 1.807) is 0 Å². The molecule has 3 nitrogen and oxygen atoms in total. The first-order chi connectivity index (χ1) is 6.77. The summed E-state index contributed by atoms with van der Waals surface area (Å²) in [4.78, 5) is 4.81. The summed E-state index contributed by atoms with van der Waals surface area (Å²) in [5, 5.41) is 3.83. The number of hydrogen-bond acceptors (Lipinski definition) is 3. The standard InChI is InChI=1S/C11H29N3Si/c1-8-14(9-2)11(12-5,13(6)7)10(3,4)15/h12H,8-9H2,1-7,15H3. The molecule has 0 aromatic rings. The molecule has 1 N–H and O–H groups in total. The minimum atomic E-state index is -0.0251. The van der Waals surface area contributed by atoms with Crippen LogP contribution < -0.4 is 5.32 Å². The van der Waals surface area contributed by atoms with Gasteiger partial charge in [-0.05, 0) is 39.3 Å². The van der Waals surface area contributed by atoms with Crippen molar-refractivity contribution in [1.82, 2.24) is 15.1 Å². The van der Waals surface area contributed by atoms with E-state index < -0.39 is 0 Å². The summed E-state index contributed by atoms with van der Waals surface area (Å²) in [6, 6.07) is 0. The summed E-state index contributed by atoms with van der Waals surface area (Å²) in [7, 11) is 7.54. The van der Waals surface area contributed by atoms with E-state index in [9.17, 15) is 0 Å². The summed E-state index contributed by atoms with van der Waals surface area (Å²) in [6.45, 7) is 11.3. The third-order valence-electron chi connectivity index (χ3n) is 3.26. The minimum Gasteiger partial charge on any atom is -0.290 e.